The first kappa shape index (κ1) is 22.4. The third-order valence-corrected chi connectivity index (χ3v) is 5.47. The molecule has 1 aromatic heterocycles. The number of halogens is 1. The van der Waals surface area contributed by atoms with E-state index in [1.807, 2.05) is 17.9 Å². The number of guanidine groups is 1. The highest BCUT2D eigenvalue weighted by Crippen LogP contribution is 2.26. The normalized spacial score (nSPS) is 23.3. The minimum absolute atomic E-state index is 0. The molecule has 2 fully saturated rings. The van der Waals surface area contributed by atoms with Crippen molar-refractivity contribution in [2.45, 2.75) is 38.6 Å². The van der Waals surface area contributed by atoms with Crippen molar-refractivity contribution in [2.75, 3.05) is 52.5 Å². The van der Waals surface area contributed by atoms with Crippen molar-refractivity contribution in [1.29, 1.82) is 0 Å². The zero-order valence-electron chi connectivity index (χ0n) is 17.1. The number of aromatic nitrogens is 2. The Balaban J connectivity index is 0.00000261. The molecule has 27 heavy (non-hydrogen) atoms. The van der Waals surface area contributed by atoms with Gasteiger partial charge in [0.25, 0.3) is 0 Å². The van der Waals surface area contributed by atoms with Crippen LogP contribution in [0, 0.1) is 0 Å². The van der Waals surface area contributed by atoms with Crippen molar-refractivity contribution in [3.63, 3.8) is 0 Å². The van der Waals surface area contributed by atoms with E-state index in [4.69, 9.17) is 9.73 Å². The zero-order valence-corrected chi connectivity index (χ0v) is 19.5. The molecular formula is C19H35IN6O. The first-order chi connectivity index (χ1) is 12.5. The first-order valence-electron chi connectivity index (χ1n) is 9.84. The van der Waals surface area contributed by atoms with Gasteiger partial charge in [0.2, 0.25) is 0 Å². The van der Waals surface area contributed by atoms with Gasteiger partial charge in [-0.15, -0.1) is 24.0 Å². The smallest absolute Gasteiger partial charge is 0.193 e. The molecule has 1 aromatic rings. The van der Waals surface area contributed by atoms with Gasteiger partial charge in [-0.3, -0.25) is 14.6 Å². The average molecular weight is 490 g/mol. The third kappa shape index (κ3) is 5.80. The minimum atomic E-state index is 0. The highest BCUT2D eigenvalue weighted by atomic mass is 127. The molecule has 8 heteroatoms. The second kappa shape index (κ2) is 10.1. The Bertz CT molecular complexity index is 617. The van der Waals surface area contributed by atoms with Gasteiger partial charge < -0.3 is 15.0 Å². The molecule has 0 saturated carbocycles. The molecule has 3 heterocycles. The Morgan fingerprint density at radius 1 is 1.41 bits per heavy atom. The van der Waals surface area contributed by atoms with E-state index in [9.17, 15) is 0 Å². The minimum Gasteiger partial charge on any atom is -0.378 e. The van der Waals surface area contributed by atoms with E-state index in [0.717, 1.165) is 64.9 Å². The number of nitrogens with one attached hydrogen (secondary N) is 1. The molecule has 0 radical (unpaired) electrons. The molecule has 154 valence electrons. The van der Waals surface area contributed by atoms with Crippen LogP contribution in [-0.4, -0.2) is 83.6 Å². The maximum absolute atomic E-state index is 5.61. The summed E-state index contributed by atoms with van der Waals surface area (Å²) in [4.78, 5) is 9.80. The van der Waals surface area contributed by atoms with E-state index in [-0.39, 0.29) is 29.5 Å². The first-order valence-corrected chi connectivity index (χ1v) is 9.84. The van der Waals surface area contributed by atoms with Gasteiger partial charge in [0.1, 0.15) is 0 Å². The number of morpholine rings is 1. The predicted octanol–water partition coefficient (Wildman–Crippen LogP) is 1.90. The fourth-order valence-corrected chi connectivity index (χ4v) is 3.88. The number of hydrogen-bond acceptors (Lipinski definition) is 4. The van der Waals surface area contributed by atoms with Crippen molar-refractivity contribution < 1.29 is 4.74 Å². The highest BCUT2D eigenvalue weighted by molar-refractivity contribution is 14.0. The monoisotopic (exact) mass is 490 g/mol. The van der Waals surface area contributed by atoms with Gasteiger partial charge in [-0.2, -0.15) is 5.10 Å². The number of nitrogens with zero attached hydrogens (tertiary/aromatic N) is 5. The lowest BCUT2D eigenvalue weighted by atomic mass is 10.0. The van der Waals surface area contributed by atoms with Crippen LogP contribution in [0.25, 0.3) is 0 Å². The zero-order chi connectivity index (χ0) is 18.6. The molecule has 2 saturated heterocycles. The van der Waals surface area contributed by atoms with Gasteiger partial charge in [-0.25, -0.2) is 0 Å². The van der Waals surface area contributed by atoms with E-state index in [0.29, 0.717) is 5.92 Å². The maximum Gasteiger partial charge on any atom is 0.193 e. The van der Waals surface area contributed by atoms with E-state index in [2.05, 4.69) is 47.2 Å². The Labute approximate surface area is 180 Å². The molecule has 0 bridgehead atoms. The van der Waals surface area contributed by atoms with E-state index in [1.165, 1.54) is 5.56 Å². The summed E-state index contributed by atoms with van der Waals surface area (Å²) in [6, 6.07) is 0. The molecule has 1 unspecified atom stereocenters. The van der Waals surface area contributed by atoms with Crippen molar-refractivity contribution >= 4 is 29.9 Å². The van der Waals surface area contributed by atoms with Crippen LogP contribution in [0.1, 0.15) is 38.7 Å². The SMILES string of the molecule is CCNC(=NCCN1CCOCC1(C)C)N1CCC(c2cnn(C)c2)C1.I. The van der Waals surface area contributed by atoms with Gasteiger partial charge in [0.15, 0.2) is 5.96 Å². The molecule has 7 nitrogen and oxygen atoms in total. The van der Waals surface area contributed by atoms with Crippen molar-refractivity contribution in [3.05, 3.63) is 18.0 Å². The van der Waals surface area contributed by atoms with Crippen LogP contribution in [0.4, 0.5) is 0 Å². The number of hydrogen-bond donors (Lipinski definition) is 1. The molecular weight excluding hydrogens is 455 g/mol. The molecule has 0 spiro atoms. The predicted molar refractivity (Wildman–Crippen MR) is 120 cm³/mol. The van der Waals surface area contributed by atoms with Gasteiger partial charge in [-0.1, -0.05) is 0 Å². The fraction of sp³-hybridized carbons (Fsp3) is 0.789. The molecule has 0 aliphatic carbocycles. The largest absolute Gasteiger partial charge is 0.378 e. The topological polar surface area (TPSA) is 57.9 Å². The fourth-order valence-electron chi connectivity index (χ4n) is 3.88. The van der Waals surface area contributed by atoms with Crippen LogP contribution < -0.4 is 5.32 Å². The second-order valence-electron chi connectivity index (χ2n) is 7.97. The lowest BCUT2D eigenvalue weighted by Gasteiger charge is -2.41. The molecule has 0 aromatic carbocycles. The molecule has 3 rings (SSSR count). The van der Waals surface area contributed by atoms with E-state index in [1.54, 1.807) is 0 Å². The molecule has 2 aliphatic heterocycles. The van der Waals surface area contributed by atoms with Gasteiger partial charge in [0, 0.05) is 57.4 Å². The summed E-state index contributed by atoms with van der Waals surface area (Å²) in [5, 5.41) is 7.79. The summed E-state index contributed by atoms with van der Waals surface area (Å²) < 4.78 is 7.50. The quantitative estimate of drug-likeness (QED) is 0.388. The Kier molecular flexibility index (Phi) is 8.36. The third-order valence-electron chi connectivity index (χ3n) is 5.47. The van der Waals surface area contributed by atoms with Crippen molar-refractivity contribution in [3.8, 4) is 0 Å². The Hall–Kier alpha value is -0.870. The van der Waals surface area contributed by atoms with Gasteiger partial charge in [-0.05, 0) is 32.8 Å². The summed E-state index contributed by atoms with van der Waals surface area (Å²) in [5.41, 5.74) is 1.44. The van der Waals surface area contributed by atoms with Crippen LogP contribution in [0.2, 0.25) is 0 Å². The van der Waals surface area contributed by atoms with Gasteiger partial charge in [0.05, 0.1) is 26.0 Å². The van der Waals surface area contributed by atoms with Crippen molar-refractivity contribution in [1.82, 2.24) is 24.9 Å². The van der Waals surface area contributed by atoms with Crippen LogP contribution >= 0.6 is 24.0 Å². The summed E-state index contributed by atoms with van der Waals surface area (Å²) in [6.07, 6.45) is 5.30. The summed E-state index contributed by atoms with van der Waals surface area (Å²) in [6.45, 7) is 14.0. The Morgan fingerprint density at radius 3 is 2.89 bits per heavy atom. The highest BCUT2D eigenvalue weighted by Gasteiger charge is 2.30. The molecule has 1 N–H and O–H groups in total. The van der Waals surface area contributed by atoms with E-state index < -0.39 is 0 Å². The lowest BCUT2D eigenvalue weighted by Crippen LogP contribution is -2.53. The Morgan fingerprint density at radius 2 is 2.22 bits per heavy atom. The second-order valence-corrected chi connectivity index (χ2v) is 7.97. The number of rotatable bonds is 5. The van der Waals surface area contributed by atoms with Crippen LogP contribution in [0.5, 0.6) is 0 Å². The van der Waals surface area contributed by atoms with Crippen LogP contribution in [0.15, 0.2) is 17.4 Å². The number of aliphatic imine (C=N–C) groups is 1. The maximum atomic E-state index is 5.61. The van der Waals surface area contributed by atoms with Gasteiger partial charge >= 0.3 is 0 Å². The lowest BCUT2D eigenvalue weighted by molar-refractivity contribution is -0.0491. The number of likely N-dealkylation sites (tertiary alicyclic amines) is 1. The average Bonchev–Trinajstić information content (AvgIpc) is 3.24. The molecule has 1 atom stereocenters. The summed E-state index contributed by atoms with van der Waals surface area (Å²) in [7, 11) is 1.98. The van der Waals surface area contributed by atoms with E-state index >= 15 is 0 Å². The molecule has 0 amide bonds. The van der Waals surface area contributed by atoms with Crippen LogP contribution in [-0.2, 0) is 11.8 Å². The number of aryl methyl sites for hydroxylation is 1. The summed E-state index contributed by atoms with van der Waals surface area (Å²) >= 11 is 0. The summed E-state index contributed by atoms with van der Waals surface area (Å²) in [5.74, 6) is 1.59. The van der Waals surface area contributed by atoms with Crippen molar-refractivity contribution in [2.24, 2.45) is 12.0 Å². The van der Waals surface area contributed by atoms with Crippen LogP contribution in [0.3, 0.4) is 0 Å². The number of ether oxygens (including phenoxy) is 1. The standard InChI is InChI=1S/C19H34N6O.HI/c1-5-20-18(21-7-9-25-10-11-26-15-19(25,2)3)24-8-6-16(14-24)17-12-22-23(4)13-17;/h12-13,16H,5-11,14-15H2,1-4H3,(H,20,21);1H. The molecule has 2 aliphatic rings.